The van der Waals surface area contributed by atoms with Gasteiger partial charge in [-0.1, -0.05) is 38.1 Å². The van der Waals surface area contributed by atoms with Crippen LogP contribution in [0.4, 0.5) is 0 Å². The molecule has 0 spiro atoms. The van der Waals surface area contributed by atoms with Crippen molar-refractivity contribution in [3.8, 4) is 5.75 Å². The number of hydrazone groups is 1. The Balaban J connectivity index is 2.04. The molecule has 1 amide bonds. The second-order valence-corrected chi connectivity index (χ2v) is 5.64. The molecule has 0 heterocycles. The number of ether oxygens (including phenoxy) is 1. The van der Waals surface area contributed by atoms with Gasteiger partial charge in [-0.05, 0) is 48.2 Å². The van der Waals surface area contributed by atoms with E-state index in [1.54, 1.807) is 31.4 Å². The number of hydrogen-bond acceptors (Lipinski definition) is 3. The average Bonchev–Trinajstić information content (AvgIpc) is 2.59. The van der Waals surface area contributed by atoms with E-state index in [2.05, 4.69) is 36.5 Å². The van der Waals surface area contributed by atoms with Crippen LogP contribution in [0.5, 0.6) is 5.75 Å². The molecule has 23 heavy (non-hydrogen) atoms. The number of nitrogens with zero attached hydrogens (tertiary/aromatic N) is 1. The third-order valence-electron chi connectivity index (χ3n) is 3.67. The van der Waals surface area contributed by atoms with E-state index in [1.165, 1.54) is 5.56 Å². The van der Waals surface area contributed by atoms with Crippen LogP contribution in [0.3, 0.4) is 0 Å². The Hall–Kier alpha value is -2.62. The highest BCUT2D eigenvalue weighted by Gasteiger charge is 2.06. The molecular formula is C19H22N2O2. The Morgan fingerprint density at radius 2 is 1.57 bits per heavy atom. The first-order chi connectivity index (χ1) is 11.0. The van der Waals surface area contributed by atoms with E-state index < -0.39 is 0 Å². The van der Waals surface area contributed by atoms with E-state index in [4.69, 9.17) is 4.74 Å². The van der Waals surface area contributed by atoms with Crippen LogP contribution in [0.2, 0.25) is 0 Å². The van der Waals surface area contributed by atoms with Gasteiger partial charge < -0.3 is 4.74 Å². The molecule has 0 aromatic heterocycles. The summed E-state index contributed by atoms with van der Waals surface area (Å²) in [6.07, 6.45) is 0. The number of carbonyl (C=O) groups is 1. The molecular weight excluding hydrogens is 288 g/mol. The largest absolute Gasteiger partial charge is 0.497 e. The molecule has 120 valence electrons. The number of hydrogen-bond donors (Lipinski definition) is 1. The van der Waals surface area contributed by atoms with E-state index >= 15 is 0 Å². The van der Waals surface area contributed by atoms with Crippen molar-refractivity contribution >= 4 is 11.6 Å². The number of rotatable bonds is 5. The number of nitrogens with one attached hydrogen (secondary N) is 1. The molecule has 1 N–H and O–H groups in total. The third-order valence-corrected chi connectivity index (χ3v) is 3.67. The molecule has 0 radical (unpaired) electrons. The summed E-state index contributed by atoms with van der Waals surface area (Å²) in [7, 11) is 1.59. The first-order valence-corrected chi connectivity index (χ1v) is 7.60. The van der Waals surface area contributed by atoms with Crippen molar-refractivity contribution in [2.75, 3.05) is 7.11 Å². The Morgan fingerprint density at radius 3 is 2.09 bits per heavy atom. The van der Waals surface area contributed by atoms with Crippen molar-refractivity contribution in [3.63, 3.8) is 0 Å². The molecule has 0 unspecified atom stereocenters. The van der Waals surface area contributed by atoms with Crippen molar-refractivity contribution in [1.82, 2.24) is 5.43 Å². The molecule has 0 aliphatic rings. The lowest BCUT2D eigenvalue weighted by Crippen LogP contribution is -2.19. The van der Waals surface area contributed by atoms with Crippen molar-refractivity contribution in [2.24, 2.45) is 5.10 Å². The van der Waals surface area contributed by atoms with E-state index in [0.29, 0.717) is 17.2 Å². The number of amides is 1. The van der Waals surface area contributed by atoms with Crippen molar-refractivity contribution in [2.45, 2.75) is 26.7 Å². The van der Waals surface area contributed by atoms with Crippen LogP contribution in [0.25, 0.3) is 0 Å². The Kier molecular flexibility index (Phi) is 5.52. The standard InChI is InChI=1S/C19H22N2O2/c1-13(2)15-5-7-16(8-6-15)14(3)20-21-19(22)17-9-11-18(23-4)12-10-17/h5-13H,1-4H3,(H,21,22)/b20-14-. The Morgan fingerprint density at radius 1 is 1.00 bits per heavy atom. The van der Waals surface area contributed by atoms with Crippen LogP contribution in [-0.2, 0) is 0 Å². The smallest absolute Gasteiger partial charge is 0.271 e. The van der Waals surface area contributed by atoms with Gasteiger partial charge in [0.15, 0.2) is 0 Å². The number of benzene rings is 2. The Labute approximate surface area is 137 Å². The van der Waals surface area contributed by atoms with E-state index in [9.17, 15) is 4.79 Å². The third kappa shape index (κ3) is 4.42. The SMILES string of the molecule is COc1ccc(C(=O)N/N=C(/C)c2ccc(C(C)C)cc2)cc1. The minimum Gasteiger partial charge on any atom is -0.497 e. The van der Waals surface area contributed by atoms with Gasteiger partial charge in [0.2, 0.25) is 0 Å². The van der Waals surface area contributed by atoms with Crippen LogP contribution >= 0.6 is 0 Å². The highest BCUT2D eigenvalue weighted by Crippen LogP contribution is 2.15. The summed E-state index contributed by atoms with van der Waals surface area (Å²) < 4.78 is 5.07. The van der Waals surface area contributed by atoms with Gasteiger partial charge in [0.25, 0.3) is 5.91 Å². The van der Waals surface area contributed by atoms with Crippen LogP contribution in [0, 0.1) is 0 Å². The molecule has 0 fully saturated rings. The maximum atomic E-state index is 12.1. The van der Waals surface area contributed by atoms with Crippen molar-refractivity contribution in [1.29, 1.82) is 0 Å². The molecule has 0 saturated carbocycles. The maximum absolute atomic E-state index is 12.1. The number of methoxy groups -OCH3 is 1. The summed E-state index contributed by atoms with van der Waals surface area (Å²) in [6, 6.07) is 15.1. The zero-order valence-corrected chi connectivity index (χ0v) is 14.0. The lowest BCUT2D eigenvalue weighted by Gasteiger charge is -2.07. The predicted octanol–water partition coefficient (Wildman–Crippen LogP) is 3.97. The topological polar surface area (TPSA) is 50.7 Å². The summed E-state index contributed by atoms with van der Waals surface area (Å²) in [5, 5.41) is 4.17. The lowest BCUT2D eigenvalue weighted by atomic mass is 10.0. The fourth-order valence-corrected chi connectivity index (χ4v) is 2.12. The van der Waals surface area contributed by atoms with Gasteiger partial charge in [-0.15, -0.1) is 0 Å². The van der Waals surface area contributed by atoms with Crippen LogP contribution in [0.15, 0.2) is 53.6 Å². The maximum Gasteiger partial charge on any atom is 0.271 e. The minimum atomic E-state index is -0.245. The van der Waals surface area contributed by atoms with E-state index in [-0.39, 0.29) is 5.91 Å². The van der Waals surface area contributed by atoms with Crippen molar-refractivity contribution < 1.29 is 9.53 Å². The van der Waals surface area contributed by atoms with Gasteiger partial charge in [-0.3, -0.25) is 4.79 Å². The van der Waals surface area contributed by atoms with Crippen molar-refractivity contribution in [3.05, 3.63) is 65.2 Å². The monoisotopic (exact) mass is 310 g/mol. The molecule has 0 aliphatic carbocycles. The predicted molar refractivity (Wildman–Crippen MR) is 93.2 cm³/mol. The molecule has 0 saturated heterocycles. The summed E-state index contributed by atoms with van der Waals surface area (Å²) in [4.78, 5) is 12.1. The fourth-order valence-electron chi connectivity index (χ4n) is 2.12. The van der Waals surface area contributed by atoms with Gasteiger partial charge in [0.1, 0.15) is 5.75 Å². The van der Waals surface area contributed by atoms with Gasteiger partial charge >= 0.3 is 0 Å². The summed E-state index contributed by atoms with van der Waals surface area (Å²) in [5.74, 6) is 0.966. The molecule has 4 nitrogen and oxygen atoms in total. The first kappa shape index (κ1) is 16.7. The molecule has 0 aliphatic heterocycles. The highest BCUT2D eigenvalue weighted by molar-refractivity contribution is 6.00. The quantitative estimate of drug-likeness (QED) is 0.671. The molecule has 2 rings (SSSR count). The summed E-state index contributed by atoms with van der Waals surface area (Å²) >= 11 is 0. The zero-order valence-electron chi connectivity index (χ0n) is 14.0. The lowest BCUT2D eigenvalue weighted by molar-refractivity contribution is 0.0955. The summed E-state index contributed by atoms with van der Waals surface area (Å²) in [6.45, 7) is 6.19. The zero-order chi connectivity index (χ0) is 16.8. The Bertz CT molecular complexity index is 686. The van der Waals surface area contributed by atoms with Gasteiger partial charge in [0, 0.05) is 5.56 Å². The van der Waals surface area contributed by atoms with Gasteiger partial charge in [-0.25, -0.2) is 5.43 Å². The van der Waals surface area contributed by atoms with Crippen LogP contribution in [0.1, 0.15) is 48.2 Å². The van der Waals surface area contributed by atoms with Gasteiger partial charge in [0.05, 0.1) is 12.8 Å². The highest BCUT2D eigenvalue weighted by atomic mass is 16.5. The van der Waals surface area contributed by atoms with Crippen LogP contribution < -0.4 is 10.2 Å². The second kappa shape index (κ2) is 7.58. The molecule has 2 aromatic carbocycles. The van der Waals surface area contributed by atoms with Crippen LogP contribution in [-0.4, -0.2) is 18.7 Å². The normalized spacial score (nSPS) is 11.4. The van der Waals surface area contributed by atoms with E-state index in [0.717, 1.165) is 11.3 Å². The minimum absolute atomic E-state index is 0.245. The molecule has 4 heteroatoms. The van der Waals surface area contributed by atoms with E-state index in [1.807, 2.05) is 19.1 Å². The fraction of sp³-hybridized carbons (Fsp3) is 0.263. The van der Waals surface area contributed by atoms with Gasteiger partial charge in [-0.2, -0.15) is 5.10 Å². The molecule has 2 aromatic rings. The number of carbonyl (C=O) groups excluding carboxylic acids is 1. The second-order valence-electron chi connectivity index (χ2n) is 5.64. The first-order valence-electron chi connectivity index (χ1n) is 7.60. The summed E-state index contributed by atoms with van der Waals surface area (Å²) in [5.41, 5.74) is 6.16. The molecule has 0 atom stereocenters. The molecule has 0 bridgehead atoms. The average molecular weight is 310 g/mol.